The first kappa shape index (κ1) is 26.7. The van der Waals surface area contributed by atoms with Crippen LogP contribution in [-0.4, -0.2) is 58.3 Å². The van der Waals surface area contributed by atoms with Crippen LogP contribution in [-0.2, 0) is 10.9 Å². The van der Waals surface area contributed by atoms with Crippen LogP contribution in [0.15, 0.2) is 53.9 Å². The highest BCUT2D eigenvalue weighted by Gasteiger charge is 2.34. The number of alkyl halides is 3. The SMILES string of the molecule is COC(=O)c1cc(-c2cnc(Nc3cc(OC)cc(OC)c3)nc2-n2ccc(C(F)(F)F)n2)cnc1SC. The summed E-state index contributed by atoms with van der Waals surface area (Å²) in [7, 11) is 4.23. The van der Waals surface area contributed by atoms with Crippen LogP contribution in [0, 0.1) is 0 Å². The Balaban J connectivity index is 1.85. The highest BCUT2D eigenvalue weighted by molar-refractivity contribution is 7.98. The van der Waals surface area contributed by atoms with Gasteiger partial charge in [0, 0.05) is 53.6 Å². The molecule has 0 saturated carbocycles. The van der Waals surface area contributed by atoms with Gasteiger partial charge in [-0.3, -0.25) is 0 Å². The predicted octanol–water partition coefficient (Wildman–Crippen LogP) is 5.01. The third kappa shape index (κ3) is 5.64. The fourth-order valence-corrected chi connectivity index (χ4v) is 3.95. The summed E-state index contributed by atoms with van der Waals surface area (Å²) in [6, 6.07) is 7.36. The number of thioether (sulfide) groups is 1. The fraction of sp³-hybridized carbons (Fsp3) is 0.208. The van der Waals surface area contributed by atoms with Gasteiger partial charge in [-0.1, -0.05) is 0 Å². The summed E-state index contributed by atoms with van der Waals surface area (Å²) in [6.07, 6.45) is 1.09. The van der Waals surface area contributed by atoms with Crippen molar-refractivity contribution in [1.29, 1.82) is 0 Å². The maximum absolute atomic E-state index is 13.3. The quantitative estimate of drug-likeness (QED) is 0.239. The van der Waals surface area contributed by atoms with Gasteiger partial charge < -0.3 is 19.5 Å². The van der Waals surface area contributed by atoms with Gasteiger partial charge in [-0.15, -0.1) is 11.8 Å². The zero-order valence-corrected chi connectivity index (χ0v) is 21.3. The number of carbonyl (C=O) groups is 1. The monoisotopic (exact) mass is 546 g/mol. The van der Waals surface area contributed by atoms with Crippen molar-refractivity contribution in [3.05, 3.63) is 60.2 Å². The molecule has 0 aliphatic rings. The minimum Gasteiger partial charge on any atom is -0.497 e. The van der Waals surface area contributed by atoms with Crippen LogP contribution in [0.2, 0.25) is 0 Å². The number of benzene rings is 1. The summed E-state index contributed by atoms with van der Waals surface area (Å²) in [6.45, 7) is 0. The van der Waals surface area contributed by atoms with Crippen molar-refractivity contribution in [3.63, 3.8) is 0 Å². The maximum Gasteiger partial charge on any atom is 0.435 e. The molecule has 38 heavy (non-hydrogen) atoms. The Morgan fingerprint density at radius 3 is 2.32 bits per heavy atom. The van der Waals surface area contributed by atoms with E-state index in [0.29, 0.717) is 27.8 Å². The molecular weight excluding hydrogens is 525 g/mol. The molecule has 0 fully saturated rings. The zero-order valence-electron chi connectivity index (χ0n) is 20.5. The smallest absolute Gasteiger partial charge is 0.435 e. The maximum atomic E-state index is 13.3. The standard InChI is InChI=1S/C24H21F3N6O4S/c1-35-15-8-14(9-16(10-15)36-2)30-23-29-12-18(13-7-17(22(34)37-3)21(38-4)28-11-13)20(31-23)33-6-5-19(32-33)24(25,26)27/h5-12H,1-4H3,(H,29,30,31). The number of halogens is 3. The Bertz CT molecular complexity index is 1460. The Hall–Kier alpha value is -4.33. The highest BCUT2D eigenvalue weighted by atomic mass is 32.2. The first-order valence-electron chi connectivity index (χ1n) is 10.8. The minimum absolute atomic E-state index is 0.0161. The Morgan fingerprint density at radius 1 is 1.03 bits per heavy atom. The van der Waals surface area contributed by atoms with E-state index in [1.54, 1.807) is 24.5 Å². The summed E-state index contributed by atoms with van der Waals surface area (Å²) in [5, 5.41) is 7.09. The molecular formula is C24H21F3N6O4S. The van der Waals surface area contributed by atoms with Gasteiger partial charge in [0.15, 0.2) is 11.5 Å². The number of hydrogen-bond donors (Lipinski definition) is 1. The van der Waals surface area contributed by atoms with E-state index in [-0.39, 0.29) is 22.9 Å². The highest BCUT2D eigenvalue weighted by Crippen LogP contribution is 2.33. The van der Waals surface area contributed by atoms with Gasteiger partial charge in [-0.25, -0.2) is 19.4 Å². The van der Waals surface area contributed by atoms with Crippen molar-refractivity contribution >= 4 is 29.4 Å². The van der Waals surface area contributed by atoms with Gasteiger partial charge >= 0.3 is 12.1 Å². The molecule has 0 radical (unpaired) electrons. The average molecular weight is 547 g/mol. The third-order valence-corrected chi connectivity index (χ3v) is 5.95. The number of anilines is 2. The van der Waals surface area contributed by atoms with E-state index in [4.69, 9.17) is 14.2 Å². The third-order valence-electron chi connectivity index (χ3n) is 5.23. The van der Waals surface area contributed by atoms with Gasteiger partial charge in [0.25, 0.3) is 0 Å². The van der Waals surface area contributed by atoms with E-state index in [0.717, 1.165) is 16.9 Å². The van der Waals surface area contributed by atoms with Crippen LogP contribution in [0.3, 0.4) is 0 Å². The molecule has 0 spiro atoms. The van der Waals surface area contributed by atoms with Gasteiger partial charge in [-0.05, 0) is 18.4 Å². The van der Waals surface area contributed by atoms with Crippen LogP contribution >= 0.6 is 11.8 Å². The molecule has 198 valence electrons. The van der Waals surface area contributed by atoms with E-state index in [9.17, 15) is 18.0 Å². The number of ether oxygens (including phenoxy) is 3. The second-order valence-electron chi connectivity index (χ2n) is 7.57. The molecule has 10 nitrogen and oxygen atoms in total. The molecule has 0 atom stereocenters. The van der Waals surface area contributed by atoms with Crippen molar-refractivity contribution in [2.75, 3.05) is 32.9 Å². The Kier molecular flexibility index (Phi) is 7.71. The molecule has 0 saturated heterocycles. The van der Waals surface area contributed by atoms with Crippen LogP contribution in [0.25, 0.3) is 16.9 Å². The number of aromatic nitrogens is 5. The molecule has 3 aromatic heterocycles. The molecule has 0 bridgehead atoms. The van der Waals surface area contributed by atoms with Crippen LogP contribution < -0.4 is 14.8 Å². The molecule has 4 aromatic rings. The lowest BCUT2D eigenvalue weighted by Gasteiger charge is -2.14. The summed E-state index contributed by atoms with van der Waals surface area (Å²) >= 11 is 1.24. The van der Waals surface area contributed by atoms with E-state index in [1.807, 2.05) is 0 Å². The normalized spacial score (nSPS) is 11.2. The van der Waals surface area contributed by atoms with Crippen molar-refractivity contribution < 1.29 is 32.2 Å². The summed E-state index contributed by atoms with van der Waals surface area (Å²) in [5.41, 5.74) is 0.249. The van der Waals surface area contributed by atoms with Gasteiger partial charge in [0.05, 0.1) is 26.9 Å². The van der Waals surface area contributed by atoms with Crippen LogP contribution in [0.4, 0.5) is 24.8 Å². The largest absolute Gasteiger partial charge is 0.497 e. The van der Waals surface area contributed by atoms with E-state index in [2.05, 4.69) is 25.4 Å². The van der Waals surface area contributed by atoms with Crippen LogP contribution in [0.1, 0.15) is 16.1 Å². The molecule has 0 aliphatic heterocycles. The second kappa shape index (κ2) is 11.0. The van der Waals surface area contributed by atoms with Gasteiger partial charge in [0.2, 0.25) is 5.95 Å². The molecule has 3 heterocycles. The molecule has 0 aliphatic carbocycles. The number of nitrogens with zero attached hydrogens (tertiary/aromatic N) is 5. The van der Waals surface area contributed by atoms with Crippen LogP contribution in [0.5, 0.6) is 11.5 Å². The van der Waals surface area contributed by atoms with Crippen molar-refractivity contribution in [1.82, 2.24) is 24.7 Å². The zero-order chi connectivity index (χ0) is 27.4. The topological polar surface area (TPSA) is 113 Å². The minimum atomic E-state index is -4.66. The number of pyridine rings is 1. The molecule has 0 unspecified atom stereocenters. The van der Waals surface area contributed by atoms with Crippen molar-refractivity contribution in [2.24, 2.45) is 0 Å². The lowest BCUT2D eigenvalue weighted by Crippen LogP contribution is -2.10. The first-order chi connectivity index (χ1) is 18.2. The summed E-state index contributed by atoms with van der Waals surface area (Å²) < 4.78 is 56.3. The average Bonchev–Trinajstić information content (AvgIpc) is 3.43. The molecule has 14 heteroatoms. The number of methoxy groups -OCH3 is 3. The van der Waals surface area contributed by atoms with E-state index >= 15 is 0 Å². The van der Waals surface area contributed by atoms with Gasteiger partial charge in [0.1, 0.15) is 16.5 Å². The van der Waals surface area contributed by atoms with Crippen molar-refractivity contribution in [2.45, 2.75) is 11.2 Å². The number of rotatable bonds is 8. The van der Waals surface area contributed by atoms with Crippen molar-refractivity contribution in [3.8, 4) is 28.4 Å². The summed E-state index contributed by atoms with van der Waals surface area (Å²) in [4.78, 5) is 25.4. The summed E-state index contributed by atoms with van der Waals surface area (Å²) in [5.74, 6) is 0.462. The van der Waals surface area contributed by atoms with E-state index in [1.165, 1.54) is 51.6 Å². The van der Waals surface area contributed by atoms with E-state index < -0.39 is 17.8 Å². The second-order valence-corrected chi connectivity index (χ2v) is 8.37. The Morgan fingerprint density at radius 2 is 1.74 bits per heavy atom. The lowest BCUT2D eigenvalue weighted by atomic mass is 10.1. The molecule has 4 rings (SSSR count). The predicted molar refractivity (Wildman–Crippen MR) is 133 cm³/mol. The number of nitrogens with one attached hydrogen (secondary N) is 1. The Labute approximate surface area is 219 Å². The number of esters is 1. The molecule has 0 amide bonds. The molecule has 1 aromatic carbocycles. The fourth-order valence-electron chi connectivity index (χ4n) is 3.43. The molecule has 1 N–H and O–H groups in total. The van der Waals surface area contributed by atoms with Gasteiger partial charge in [-0.2, -0.15) is 23.3 Å². The lowest BCUT2D eigenvalue weighted by molar-refractivity contribution is -0.141. The first-order valence-corrected chi connectivity index (χ1v) is 12.0. The number of carbonyl (C=O) groups excluding carboxylic acids is 1. The number of hydrogen-bond acceptors (Lipinski definition) is 10.